The van der Waals surface area contributed by atoms with Gasteiger partial charge < -0.3 is 15.4 Å². The predicted molar refractivity (Wildman–Crippen MR) is 115 cm³/mol. The molecular formula is C21H25N3O3S. The van der Waals surface area contributed by atoms with Crippen LogP contribution in [0.2, 0.25) is 0 Å². The first-order valence-corrected chi connectivity index (χ1v) is 9.67. The summed E-state index contributed by atoms with van der Waals surface area (Å²) in [5.41, 5.74) is 1.59. The smallest absolute Gasteiger partial charge is 0.257 e. The minimum Gasteiger partial charge on any atom is -0.494 e. The van der Waals surface area contributed by atoms with Crippen molar-refractivity contribution in [3.8, 4) is 5.75 Å². The van der Waals surface area contributed by atoms with Crippen molar-refractivity contribution in [2.75, 3.05) is 18.5 Å². The fourth-order valence-electron chi connectivity index (χ4n) is 2.45. The second-order valence-corrected chi connectivity index (χ2v) is 6.47. The molecule has 2 amide bonds. The number of nitrogens with one attached hydrogen (secondary N) is 3. The maximum absolute atomic E-state index is 12.4. The number of benzene rings is 2. The standard InChI is InChI=1S/C21H25N3O3S/c1-3-5-12-22-19(25)15-8-6-10-17(13-15)23-21(28)24-20(26)16-9-7-11-18(14-16)27-4-2/h6-11,13-14H,3-5,12H2,1-2H3,(H,22,25)(H2,23,24,26,28). The molecule has 2 aromatic carbocycles. The summed E-state index contributed by atoms with van der Waals surface area (Å²) in [5, 5.41) is 8.58. The normalized spacial score (nSPS) is 10.1. The fraction of sp³-hybridized carbons (Fsp3) is 0.286. The van der Waals surface area contributed by atoms with Crippen LogP contribution in [0.1, 0.15) is 47.4 Å². The van der Waals surface area contributed by atoms with Crippen molar-refractivity contribution in [2.45, 2.75) is 26.7 Å². The molecule has 2 rings (SSSR count). The first kappa shape index (κ1) is 21.4. The summed E-state index contributed by atoms with van der Waals surface area (Å²) < 4.78 is 5.40. The Morgan fingerprint density at radius 1 is 1.00 bits per heavy atom. The van der Waals surface area contributed by atoms with Crippen LogP contribution in [-0.2, 0) is 0 Å². The average molecular weight is 400 g/mol. The van der Waals surface area contributed by atoms with Gasteiger partial charge in [-0.1, -0.05) is 25.5 Å². The highest BCUT2D eigenvalue weighted by molar-refractivity contribution is 7.80. The lowest BCUT2D eigenvalue weighted by molar-refractivity contribution is 0.0950. The maximum atomic E-state index is 12.4. The van der Waals surface area contributed by atoms with E-state index in [-0.39, 0.29) is 16.9 Å². The Bertz CT molecular complexity index is 839. The van der Waals surface area contributed by atoms with Crippen molar-refractivity contribution in [1.82, 2.24) is 10.6 Å². The van der Waals surface area contributed by atoms with Crippen molar-refractivity contribution in [1.29, 1.82) is 0 Å². The van der Waals surface area contributed by atoms with E-state index in [0.29, 0.717) is 35.7 Å². The molecule has 3 N–H and O–H groups in total. The van der Waals surface area contributed by atoms with Gasteiger partial charge in [-0.2, -0.15) is 0 Å². The Balaban J connectivity index is 1.95. The number of ether oxygens (including phenoxy) is 1. The molecule has 0 heterocycles. The van der Waals surface area contributed by atoms with Gasteiger partial charge in [0.25, 0.3) is 11.8 Å². The van der Waals surface area contributed by atoms with E-state index in [1.807, 2.05) is 6.92 Å². The van der Waals surface area contributed by atoms with Gasteiger partial charge in [0.15, 0.2) is 5.11 Å². The second-order valence-electron chi connectivity index (χ2n) is 6.06. The maximum Gasteiger partial charge on any atom is 0.257 e. The van der Waals surface area contributed by atoms with Gasteiger partial charge in [0.05, 0.1) is 6.61 Å². The van der Waals surface area contributed by atoms with Crippen LogP contribution in [0.4, 0.5) is 5.69 Å². The van der Waals surface area contributed by atoms with Crippen LogP contribution in [0.5, 0.6) is 5.75 Å². The molecule has 28 heavy (non-hydrogen) atoms. The minimum atomic E-state index is -0.340. The summed E-state index contributed by atoms with van der Waals surface area (Å²) >= 11 is 5.22. The van der Waals surface area contributed by atoms with Gasteiger partial charge in [0, 0.05) is 23.4 Å². The van der Waals surface area contributed by atoms with Crippen LogP contribution in [-0.4, -0.2) is 30.1 Å². The molecule has 0 aliphatic heterocycles. The van der Waals surface area contributed by atoms with Crippen molar-refractivity contribution >= 4 is 34.8 Å². The van der Waals surface area contributed by atoms with Crippen LogP contribution < -0.4 is 20.7 Å². The molecule has 0 aliphatic rings. The zero-order chi connectivity index (χ0) is 20.4. The van der Waals surface area contributed by atoms with E-state index in [9.17, 15) is 9.59 Å². The van der Waals surface area contributed by atoms with Gasteiger partial charge in [-0.3, -0.25) is 14.9 Å². The van der Waals surface area contributed by atoms with E-state index in [2.05, 4.69) is 22.9 Å². The molecule has 0 bridgehead atoms. The highest BCUT2D eigenvalue weighted by Gasteiger charge is 2.10. The van der Waals surface area contributed by atoms with Crippen molar-refractivity contribution < 1.29 is 14.3 Å². The first-order chi connectivity index (χ1) is 13.5. The van der Waals surface area contributed by atoms with Gasteiger partial charge in [0.2, 0.25) is 0 Å². The largest absolute Gasteiger partial charge is 0.494 e. The number of hydrogen-bond acceptors (Lipinski definition) is 4. The molecule has 0 spiro atoms. The lowest BCUT2D eigenvalue weighted by Gasteiger charge is -2.11. The zero-order valence-electron chi connectivity index (χ0n) is 16.1. The molecule has 7 heteroatoms. The second kappa shape index (κ2) is 11.0. The fourth-order valence-corrected chi connectivity index (χ4v) is 2.66. The summed E-state index contributed by atoms with van der Waals surface area (Å²) in [6.45, 7) is 5.11. The Morgan fingerprint density at radius 2 is 1.71 bits per heavy atom. The third-order valence-corrected chi connectivity index (χ3v) is 4.04. The van der Waals surface area contributed by atoms with E-state index in [4.69, 9.17) is 17.0 Å². The molecule has 0 aromatic heterocycles. The molecule has 0 aliphatic carbocycles. The van der Waals surface area contributed by atoms with Crippen LogP contribution in [0, 0.1) is 0 Å². The Hall–Kier alpha value is -2.93. The Morgan fingerprint density at radius 3 is 2.43 bits per heavy atom. The number of hydrogen-bond donors (Lipinski definition) is 3. The van der Waals surface area contributed by atoms with Gasteiger partial charge in [-0.05, 0) is 62.0 Å². The van der Waals surface area contributed by atoms with E-state index in [1.165, 1.54) is 0 Å². The number of amides is 2. The van der Waals surface area contributed by atoms with Crippen molar-refractivity contribution in [3.05, 3.63) is 59.7 Å². The van der Waals surface area contributed by atoms with E-state index < -0.39 is 0 Å². The number of thiocarbonyl (C=S) groups is 1. The van der Waals surface area contributed by atoms with Gasteiger partial charge in [-0.25, -0.2) is 0 Å². The van der Waals surface area contributed by atoms with E-state index in [1.54, 1.807) is 48.5 Å². The van der Waals surface area contributed by atoms with Gasteiger partial charge >= 0.3 is 0 Å². The molecule has 0 atom stereocenters. The van der Waals surface area contributed by atoms with Crippen LogP contribution in [0.3, 0.4) is 0 Å². The lowest BCUT2D eigenvalue weighted by atomic mass is 10.2. The van der Waals surface area contributed by atoms with Crippen LogP contribution in [0.25, 0.3) is 0 Å². The topological polar surface area (TPSA) is 79.5 Å². The molecule has 6 nitrogen and oxygen atoms in total. The molecule has 0 saturated heterocycles. The van der Waals surface area contributed by atoms with Crippen molar-refractivity contribution in [2.24, 2.45) is 0 Å². The third kappa shape index (κ3) is 6.66. The molecule has 0 fully saturated rings. The quantitative estimate of drug-likeness (QED) is 0.465. The highest BCUT2D eigenvalue weighted by Crippen LogP contribution is 2.14. The van der Waals surface area contributed by atoms with E-state index >= 15 is 0 Å². The minimum absolute atomic E-state index is 0.139. The predicted octanol–water partition coefficient (Wildman–Crippen LogP) is 3.74. The summed E-state index contributed by atoms with van der Waals surface area (Å²) in [6, 6.07) is 13.8. The number of anilines is 1. The number of rotatable bonds is 8. The number of carbonyl (C=O) groups is 2. The highest BCUT2D eigenvalue weighted by atomic mass is 32.1. The molecular weight excluding hydrogens is 374 g/mol. The van der Waals surface area contributed by atoms with Gasteiger partial charge in [-0.15, -0.1) is 0 Å². The monoisotopic (exact) mass is 399 g/mol. The SMILES string of the molecule is CCCCNC(=O)c1cccc(NC(=S)NC(=O)c2cccc(OCC)c2)c1. The molecule has 0 saturated carbocycles. The molecule has 2 aromatic rings. The molecule has 0 unspecified atom stereocenters. The first-order valence-electron chi connectivity index (χ1n) is 9.27. The number of carbonyl (C=O) groups excluding carboxylic acids is 2. The molecule has 148 valence electrons. The summed E-state index contributed by atoms with van der Waals surface area (Å²) in [7, 11) is 0. The number of unbranched alkanes of at least 4 members (excludes halogenated alkanes) is 1. The van der Waals surface area contributed by atoms with Crippen molar-refractivity contribution in [3.63, 3.8) is 0 Å². The molecule has 0 radical (unpaired) electrons. The van der Waals surface area contributed by atoms with Gasteiger partial charge in [0.1, 0.15) is 5.75 Å². The zero-order valence-corrected chi connectivity index (χ0v) is 16.9. The Labute approximate surface area is 170 Å². The summed E-state index contributed by atoms with van der Waals surface area (Å²) in [5.74, 6) is 0.142. The van der Waals surface area contributed by atoms with Crippen LogP contribution in [0.15, 0.2) is 48.5 Å². The Kier molecular flexibility index (Phi) is 8.42. The average Bonchev–Trinajstić information content (AvgIpc) is 2.68. The summed E-state index contributed by atoms with van der Waals surface area (Å²) in [6.07, 6.45) is 1.95. The lowest BCUT2D eigenvalue weighted by Crippen LogP contribution is -2.34. The van der Waals surface area contributed by atoms with Crippen LogP contribution >= 0.6 is 12.2 Å². The third-order valence-electron chi connectivity index (χ3n) is 3.83. The summed E-state index contributed by atoms with van der Waals surface area (Å²) in [4.78, 5) is 24.5. The van der Waals surface area contributed by atoms with E-state index in [0.717, 1.165) is 12.8 Å².